The highest BCUT2D eigenvalue weighted by Gasteiger charge is 2.28. The van der Waals surface area contributed by atoms with Crippen molar-refractivity contribution in [1.82, 2.24) is 9.59 Å². The van der Waals surface area contributed by atoms with Crippen LogP contribution >= 0.6 is 11.5 Å². The average molecular weight is 289 g/mol. The standard InChI is InChI=1S/C13H11N3O3S/c1-7-11(20-15-14-7)12(17)16-5-4-8-2-3-9(13(18)19)6-10(8)16/h2-3,6H,4-5H2,1H3,(H,18,19). The predicted molar refractivity (Wildman–Crippen MR) is 73.4 cm³/mol. The van der Waals surface area contributed by atoms with E-state index in [1.54, 1.807) is 30.0 Å². The van der Waals surface area contributed by atoms with Gasteiger partial charge in [0.2, 0.25) is 0 Å². The van der Waals surface area contributed by atoms with Crippen molar-refractivity contribution >= 4 is 29.1 Å². The molecule has 3 rings (SSSR count). The number of hydrogen-bond acceptors (Lipinski definition) is 5. The van der Waals surface area contributed by atoms with E-state index in [1.165, 1.54) is 0 Å². The Morgan fingerprint density at radius 2 is 2.20 bits per heavy atom. The molecule has 0 spiro atoms. The first-order valence-electron chi connectivity index (χ1n) is 6.05. The lowest BCUT2D eigenvalue weighted by molar-refractivity contribution is 0.0696. The minimum absolute atomic E-state index is 0.168. The summed E-state index contributed by atoms with van der Waals surface area (Å²) in [5.41, 5.74) is 2.44. The zero-order valence-corrected chi connectivity index (χ0v) is 11.5. The molecule has 0 bridgehead atoms. The summed E-state index contributed by atoms with van der Waals surface area (Å²) in [5.74, 6) is -1.17. The summed E-state index contributed by atoms with van der Waals surface area (Å²) in [6, 6.07) is 4.88. The van der Waals surface area contributed by atoms with Crippen LogP contribution in [0.3, 0.4) is 0 Å². The highest BCUT2D eigenvalue weighted by Crippen LogP contribution is 2.31. The van der Waals surface area contributed by atoms with Crippen LogP contribution in [-0.4, -0.2) is 33.1 Å². The van der Waals surface area contributed by atoms with Gasteiger partial charge in [-0.25, -0.2) is 4.79 Å². The van der Waals surface area contributed by atoms with E-state index in [0.717, 1.165) is 23.5 Å². The minimum atomic E-state index is -0.997. The van der Waals surface area contributed by atoms with Crippen molar-refractivity contribution in [1.29, 1.82) is 0 Å². The average Bonchev–Trinajstić information content (AvgIpc) is 3.03. The van der Waals surface area contributed by atoms with Crippen LogP contribution in [0.4, 0.5) is 5.69 Å². The quantitative estimate of drug-likeness (QED) is 0.910. The molecule has 0 saturated heterocycles. The number of anilines is 1. The second-order valence-electron chi connectivity index (χ2n) is 4.54. The third-order valence-electron chi connectivity index (χ3n) is 3.32. The van der Waals surface area contributed by atoms with Gasteiger partial charge in [-0.05, 0) is 42.6 Å². The first kappa shape index (κ1) is 12.7. The Bertz CT molecular complexity index is 711. The monoisotopic (exact) mass is 289 g/mol. The van der Waals surface area contributed by atoms with Crippen LogP contribution in [-0.2, 0) is 6.42 Å². The van der Waals surface area contributed by atoms with Crippen LogP contribution in [0.2, 0.25) is 0 Å². The fraction of sp³-hybridized carbons (Fsp3) is 0.231. The molecule has 0 radical (unpaired) electrons. The van der Waals surface area contributed by atoms with Crippen molar-refractivity contribution in [2.75, 3.05) is 11.4 Å². The Hall–Kier alpha value is -2.28. The molecular weight excluding hydrogens is 278 g/mol. The number of carbonyl (C=O) groups is 2. The molecule has 2 aromatic rings. The van der Waals surface area contributed by atoms with Crippen molar-refractivity contribution < 1.29 is 14.7 Å². The van der Waals surface area contributed by atoms with Crippen LogP contribution in [0.1, 0.15) is 31.3 Å². The van der Waals surface area contributed by atoms with Crippen LogP contribution in [0.5, 0.6) is 0 Å². The molecule has 1 N–H and O–H groups in total. The van der Waals surface area contributed by atoms with E-state index in [-0.39, 0.29) is 11.5 Å². The fourth-order valence-electron chi connectivity index (χ4n) is 2.27. The molecular formula is C13H11N3O3S. The molecule has 0 saturated carbocycles. The normalized spacial score (nSPS) is 13.3. The molecule has 1 aromatic carbocycles. The summed E-state index contributed by atoms with van der Waals surface area (Å²) in [5, 5.41) is 12.9. The van der Waals surface area contributed by atoms with Gasteiger partial charge in [0, 0.05) is 12.2 Å². The van der Waals surface area contributed by atoms with Crippen molar-refractivity contribution in [3.05, 3.63) is 39.9 Å². The molecule has 1 aliphatic rings. The van der Waals surface area contributed by atoms with E-state index in [4.69, 9.17) is 5.11 Å². The lowest BCUT2D eigenvalue weighted by Gasteiger charge is -2.16. The van der Waals surface area contributed by atoms with Crippen molar-refractivity contribution in [3.63, 3.8) is 0 Å². The topological polar surface area (TPSA) is 83.4 Å². The maximum atomic E-state index is 12.5. The largest absolute Gasteiger partial charge is 0.478 e. The molecule has 0 fully saturated rings. The van der Waals surface area contributed by atoms with Crippen molar-refractivity contribution in [2.45, 2.75) is 13.3 Å². The second kappa shape index (κ2) is 4.68. The molecule has 0 unspecified atom stereocenters. The number of rotatable bonds is 2. The van der Waals surface area contributed by atoms with Crippen LogP contribution in [0.15, 0.2) is 18.2 Å². The van der Waals surface area contributed by atoms with Gasteiger partial charge in [-0.1, -0.05) is 10.6 Å². The predicted octanol–water partition coefficient (Wildman–Crippen LogP) is 1.75. The number of fused-ring (bicyclic) bond motifs is 1. The minimum Gasteiger partial charge on any atom is -0.478 e. The first-order valence-corrected chi connectivity index (χ1v) is 6.82. The fourth-order valence-corrected chi connectivity index (χ4v) is 2.88. The molecule has 0 atom stereocenters. The van der Waals surface area contributed by atoms with E-state index in [0.29, 0.717) is 22.8 Å². The number of amides is 1. The van der Waals surface area contributed by atoms with Gasteiger partial charge in [0.15, 0.2) is 0 Å². The summed E-state index contributed by atoms with van der Waals surface area (Å²) < 4.78 is 3.77. The SMILES string of the molecule is Cc1nnsc1C(=O)N1CCc2ccc(C(=O)O)cc21. The number of benzene rings is 1. The zero-order valence-electron chi connectivity index (χ0n) is 10.7. The third kappa shape index (κ3) is 1.96. The molecule has 102 valence electrons. The first-order chi connectivity index (χ1) is 9.58. The molecule has 0 aliphatic carbocycles. The summed E-state index contributed by atoms with van der Waals surface area (Å²) in [4.78, 5) is 25.6. The van der Waals surface area contributed by atoms with E-state index in [1.807, 2.05) is 0 Å². The van der Waals surface area contributed by atoms with Gasteiger partial charge in [-0.2, -0.15) is 0 Å². The summed E-state index contributed by atoms with van der Waals surface area (Å²) >= 11 is 1.06. The van der Waals surface area contributed by atoms with Gasteiger partial charge in [-0.15, -0.1) is 5.10 Å². The Morgan fingerprint density at radius 1 is 1.40 bits per heavy atom. The number of aromatic carboxylic acids is 1. The number of hydrogen-bond donors (Lipinski definition) is 1. The number of carbonyl (C=O) groups excluding carboxylic acids is 1. The van der Waals surface area contributed by atoms with Crippen molar-refractivity contribution in [2.24, 2.45) is 0 Å². The Kier molecular flexibility index (Phi) is 2.98. The van der Waals surface area contributed by atoms with E-state index < -0.39 is 5.97 Å². The smallest absolute Gasteiger partial charge is 0.335 e. The van der Waals surface area contributed by atoms with Gasteiger partial charge < -0.3 is 10.0 Å². The molecule has 2 heterocycles. The van der Waals surface area contributed by atoms with Gasteiger partial charge in [0.25, 0.3) is 5.91 Å². The van der Waals surface area contributed by atoms with Gasteiger partial charge in [-0.3, -0.25) is 4.79 Å². The summed E-state index contributed by atoms with van der Waals surface area (Å²) in [6.07, 6.45) is 0.728. The number of aromatic nitrogens is 2. The Labute approximate surface area is 118 Å². The van der Waals surface area contributed by atoms with Crippen LogP contribution in [0, 0.1) is 6.92 Å². The maximum absolute atomic E-state index is 12.5. The van der Waals surface area contributed by atoms with Gasteiger partial charge in [0.1, 0.15) is 4.88 Å². The molecule has 7 heteroatoms. The van der Waals surface area contributed by atoms with E-state index in [9.17, 15) is 9.59 Å². The number of carboxylic acids is 1. The Morgan fingerprint density at radius 3 is 2.85 bits per heavy atom. The van der Waals surface area contributed by atoms with Crippen LogP contribution < -0.4 is 4.90 Å². The lowest BCUT2D eigenvalue weighted by atomic mass is 10.1. The van der Waals surface area contributed by atoms with E-state index >= 15 is 0 Å². The molecule has 20 heavy (non-hydrogen) atoms. The summed E-state index contributed by atoms with van der Waals surface area (Å²) in [6.45, 7) is 2.29. The number of nitrogens with zero attached hydrogens (tertiary/aromatic N) is 3. The molecule has 1 amide bonds. The highest BCUT2D eigenvalue weighted by atomic mass is 32.1. The maximum Gasteiger partial charge on any atom is 0.335 e. The number of aryl methyl sites for hydroxylation is 1. The van der Waals surface area contributed by atoms with Crippen LogP contribution in [0.25, 0.3) is 0 Å². The third-order valence-corrected chi connectivity index (χ3v) is 4.13. The van der Waals surface area contributed by atoms with Gasteiger partial charge >= 0.3 is 5.97 Å². The number of carboxylic acid groups (broad SMARTS) is 1. The Balaban J connectivity index is 2.00. The second-order valence-corrected chi connectivity index (χ2v) is 5.30. The van der Waals surface area contributed by atoms with Gasteiger partial charge in [0.05, 0.1) is 11.3 Å². The summed E-state index contributed by atoms with van der Waals surface area (Å²) in [7, 11) is 0. The molecule has 6 nitrogen and oxygen atoms in total. The molecule has 1 aromatic heterocycles. The lowest BCUT2D eigenvalue weighted by Crippen LogP contribution is -2.28. The van der Waals surface area contributed by atoms with E-state index in [2.05, 4.69) is 9.59 Å². The zero-order chi connectivity index (χ0) is 14.3. The molecule has 1 aliphatic heterocycles. The highest BCUT2D eigenvalue weighted by molar-refractivity contribution is 7.08. The van der Waals surface area contributed by atoms with Crippen molar-refractivity contribution in [3.8, 4) is 0 Å².